The third-order valence-electron chi connectivity index (χ3n) is 4.69. The van der Waals surface area contributed by atoms with Crippen LogP contribution in [0.2, 0.25) is 0 Å². The molecule has 2 N–H and O–H groups in total. The Morgan fingerprint density at radius 2 is 1.36 bits per heavy atom. The van der Waals surface area contributed by atoms with Crippen LogP contribution in [0.25, 0.3) is 11.1 Å². The summed E-state index contributed by atoms with van der Waals surface area (Å²) >= 11 is 0. The van der Waals surface area contributed by atoms with Crippen LogP contribution >= 0.6 is 0 Å². The van der Waals surface area contributed by atoms with Crippen molar-refractivity contribution in [3.8, 4) is 11.1 Å². The van der Waals surface area contributed by atoms with Crippen molar-refractivity contribution in [2.75, 3.05) is 5.75 Å². The van der Waals surface area contributed by atoms with Crippen molar-refractivity contribution in [2.24, 2.45) is 5.41 Å². The molecular formula is C22H29NO4S. The summed E-state index contributed by atoms with van der Waals surface area (Å²) in [5, 5.41) is 11.4. The van der Waals surface area contributed by atoms with Gasteiger partial charge in [-0.05, 0) is 54.5 Å². The van der Waals surface area contributed by atoms with E-state index in [-0.39, 0.29) is 11.2 Å². The van der Waals surface area contributed by atoms with Crippen LogP contribution in [0, 0.1) is 5.41 Å². The standard InChI is InChI=1S/C22H29NO4S/c1-21(2,3)14-15-28(26,27)19-12-8-17(9-13-19)16-6-10-18(11-7-16)22(4,5)23-20(24)25/h6-13,23H,14-15H2,1-5H3,(H,24,25). The zero-order valence-electron chi connectivity index (χ0n) is 17.1. The van der Waals surface area contributed by atoms with E-state index in [1.807, 2.05) is 45.0 Å². The monoisotopic (exact) mass is 403 g/mol. The lowest BCUT2D eigenvalue weighted by Gasteiger charge is -2.25. The van der Waals surface area contributed by atoms with Gasteiger partial charge in [0, 0.05) is 0 Å². The Morgan fingerprint density at radius 1 is 0.893 bits per heavy atom. The van der Waals surface area contributed by atoms with Crippen LogP contribution in [-0.2, 0) is 15.4 Å². The molecule has 2 aromatic carbocycles. The van der Waals surface area contributed by atoms with Gasteiger partial charge in [0.05, 0.1) is 16.2 Å². The second kappa shape index (κ2) is 7.95. The molecule has 152 valence electrons. The molecule has 1 amide bonds. The lowest BCUT2D eigenvalue weighted by Crippen LogP contribution is -2.39. The minimum atomic E-state index is -3.29. The van der Waals surface area contributed by atoms with Crippen molar-refractivity contribution in [1.29, 1.82) is 0 Å². The summed E-state index contributed by atoms with van der Waals surface area (Å²) in [6, 6.07) is 14.5. The van der Waals surface area contributed by atoms with Gasteiger partial charge in [-0.2, -0.15) is 0 Å². The van der Waals surface area contributed by atoms with Crippen molar-refractivity contribution < 1.29 is 18.3 Å². The van der Waals surface area contributed by atoms with E-state index in [0.717, 1.165) is 16.7 Å². The summed E-state index contributed by atoms with van der Waals surface area (Å²) < 4.78 is 25.0. The maximum Gasteiger partial charge on any atom is 0.405 e. The third-order valence-corrected chi connectivity index (χ3v) is 6.43. The first kappa shape index (κ1) is 22.0. The van der Waals surface area contributed by atoms with Gasteiger partial charge in [-0.15, -0.1) is 0 Å². The quantitative estimate of drug-likeness (QED) is 0.706. The molecule has 0 aromatic heterocycles. The molecule has 0 aliphatic heterocycles. The van der Waals surface area contributed by atoms with Gasteiger partial charge in [0.15, 0.2) is 9.84 Å². The Balaban J connectivity index is 2.18. The minimum Gasteiger partial charge on any atom is -0.465 e. The first-order valence-electron chi connectivity index (χ1n) is 9.25. The van der Waals surface area contributed by atoms with Crippen LogP contribution in [0.1, 0.15) is 46.6 Å². The SMILES string of the molecule is CC(C)(C)CCS(=O)(=O)c1ccc(-c2ccc(C(C)(C)NC(=O)O)cc2)cc1. The maximum absolute atomic E-state index is 12.5. The highest BCUT2D eigenvalue weighted by molar-refractivity contribution is 7.91. The maximum atomic E-state index is 12.5. The van der Waals surface area contributed by atoms with Crippen LogP contribution in [0.5, 0.6) is 0 Å². The molecule has 5 nitrogen and oxygen atoms in total. The molecular weight excluding hydrogens is 374 g/mol. The van der Waals surface area contributed by atoms with E-state index in [1.165, 1.54) is 0 Å². The first-order valence-corrected chi connectivity index (χ1v) is 10.9. The number of benzene rings is 2. The minimum absolute atomic E-state index is 0.0297. The van der Waals surface area contributed by atoms with Crippen LogP contribution < -0.4 is 5.32 Å². The second-order valence-corrected chi connectivity index (χ2v) is 10.9. The molecule has 0 unspecified atom stereocenters. The van der Waals surface area contributed by atoms with E-state index >= 15 is 0 Å². The molecule has 0 aliphatic rings. The lowest BCUT2D eigenvalue weighted by molar-refractivity contribution is 0.182. The van der Waals surface area contributed by atoms with Crippen molar-refractivity contribution in [3.05, 3.63) is 54.1 Å². The third kappa shape index (κ3) is 5.83. The Bertz CT molecular complexity index is 922. The molecule has 0 atom stereocenters. The number of carbonyl (C=O) groups is 1. The molecule has 0 aliphatic carbocycles. The summed E-state index contributed by atoms with van der Waals surface area (Å²) in [7, 11) is -3.29. The second-order valence-electron chi connectivity index (χ2n) is 8.79. The van der Waals surface area contributed by atoms with E-state index in [9.17, 15) is 13.2 Å². The summed E-state index contributed by atoms with van der Waals surface area (Å²) in [6.07, 6.45) is -0.462. The molecule has 28 heavy (non-hydrogen) atoms. The normalized spacial score (nSPS) is 12.6. The lowest BCUT2D eigenvalue weighted by atomic mass is 9.92. The number of hydrogen-bond acceptors (Lipinski definition) is 3. The number of nitrogens with one attached hydrogen (secondary N) is 1. The van der Waals surface area contributed by atoms with Gasteiger partial charge >= 0.3 is 6.09 Å². The van der Waals surface area contributed by atoms with Gasteiger partial charge < -0.3 is 10.4 Å². The molecule has 0 spiro atoms. The molecule has 2 aromatic rings. The predicted octanol–water partition coefficient (Wildman–Crippen LogP) is 5.07. The highest BCUT2D eigenvalue weighted by Crippen LogP contribution is 2.27. The molecule has 0 radical (unpaired) electrons. The number of amides is 1. The number of hydrogen-bond donors (Lipinski definition) is 2. The Morgan fingerprint density at radius 3 is 1.79 bits per heavy atom. The number of carboxylic acid groups (broad SMARTS) is 1. The largest absolute Gasteiger partial charge is 0.465 e. The molecule has 0 saturated heterocycles. The fraction of sp³-hybridized carbons (Fsp3) is 0.409. The van der Waals surface area contributed by atoms with Crippen LogP contribution in [-0.4, -0.2) is 25.4 Å². The van der Waals surface area contributed by atoms with E-state index in [4.69, 9.17) is 5.11 Å². The Labute approximate surface area is 167 Å². The Hall–Kier alpha value is -2.34. The van der Waals surface area contributed by atoms with Gasteiger partial charge in [-0.25, -0.2) is 13.2 Å². The van der Waals surface area contributed by atoms with E-state index in [2.05, 4.69) is 5.32 Å². The average Bonchev–Trinajstić information content (AvgIpc) is 2.59. The molecule has 0 saturated carbocycles. The summed E-state index contributed by atoms with van der Waals surface area (Å²) in [5.74, 6) is 0.135. The van der Waals surface area contributed by atoms with Crippen molar-refractivity contribution in [1.82, 2.24) is 5.32 Å². The molecule has 6 heteroatoms. The molecule has 0 bridgehead atoms. The van der Waals surface area contributed by atoms with Gasteiger partial charge in [0.25, 0.3) is 0 Å². The smallest absolute Gasteiger partial charge is 0.405 e. The van der Waals surface area contributed by atoms with Gasteiger partial charge in [0.2, 0.25) is 0 Å². The van der Waals surface area contributed by atoms with Gasteiger partial charge in [-0.1, -0.05) is 57.2 Å². The highest BCUT2D eigenvalue weighted by Gasteiger charge is 2.22. The van der Waals surface area contributed by atoms with Crippen molar-refractivity contribution in [3.63, 3.8) is 0 Å². The fourth-order valence-corrected chi connectivity index (χ4v) is 4.50. The zero-order chi connectivity index (χ0) is 21.2. The fourth-order valence-electron chi connectivity index (χ4n) is 2.83. The van der Waals surface area contributed by atoms with E-state index in [1.54, 1.807) is 38.1 Å². The van der Waals surface area contributed by atoms with Crippen LogP contribution in [0.4, 0.5) is 4.79 Å². The van der Waals surface area contributed by atoms with Crippen LogP contribution in [0.15, 0.2) is 53.4 Å². The van der Waals surface area contributed by atoms with Crippen molar-refractivity contribution >= 4 is 15.9 Å². The molecule has 0 heterocycles. The van der Waals surface area contributed by atoms with E-state index in [0.29, 0.717) is 11.3 Å². The number of rotatable bonds is 6. The number of sulfone groups is 1. The topological polar surface area (TPSA) is 83.5 Å². The van der Waals surface area contributed by atoms with Gasteiger partial charge in [-0.3, -0.25) is 0 Å². The molecule has 0 fully saturated rings. The Kier molecular flexibility index (Phi) is 6.24. The van der Waals surface area contributed by atoms with Crippen LogP contribution in [0.3, 0.4) is 0 Å². The molecule has 2 rings (SSSR count). The summed E-state index contributed by atoms with van der Waals surface area (Å²) in [4.78, 5) is 11.3. The highest BCUT2D eigenvalue weighted by atomic mass is 32.2. The summed E-state index contributed by atoms with van der Waals surface area (Å²) in [5.41, 5.74) is 1.96. The first-order chi connectivity index (χ1) is 12.8. The summed E-state index contributed by atoms with van der Waals surface area (Å²) in [6.45, 7) is 9.69. The average molecular weight is 404 g/mol. The van der Waals surface area contributed by atoms with Crippen molar-refractivity contribution in [2.45, 2.75) is 51.5 Å². The predicted molar refractivity (Wildman–Crippen MR) is 112 cm³/mol. The van der Waals surface area contributed by atoms with Gasteiger partial charge in [0.1, 0.15) is 0 Å². The zero-order valence-corrected chi connectivity index (χ0v) is 17.9. The van der Waals surface area contributed by atoms with E-state index < -0.39 is 21.5 Å².